The number of amides is 1. The van der Waals surface area contributed by atoms with Crippen LogP contribution in [0.2, 0.25) is 0 Å². The first-order valence-electron chi connectivity index (χ1n) is 7.63. The Morgan fingerprint density at radius 1 is 1.35 bits per heavy atom. The highest BCUT2D eigenvalue weighted by Crippen LogP contribution is 2.21. The average Bonchev–Trinajstić information content (AvgIpc) is 3.12. The number of anilines is 1. The van der Waals surface area contributed by atoms with E-state index < -0.39 is 0 Å². The molecule has 0 saturated carbocycles. The summed E-state index contributed by atoms with van der Waals surface area (Å²) in [7, 11) is 0. The highest BCUT2D eigenvalue weighted by Gasteiger charge is 2.14. The Morgan fingerprint density at radius 3 is 3.04 bits per heavy atom. The zero-order valence-electron chi connectivity index (χ0n) is 13.1. The average molecular weight is 330 g/mol. The van der Waals surface area contributed by atoms with Crippen LogP contribution in [0.5, 0.6) is 0 Å². The second-order valence-electron chi connectivity index (χ2n) is 5.46. The van der Waals surface area contributed by atoms with E-state index in [1.54, 1.807) is 0 Å². The standard InChI is InChI=1S/C16H18N4O2S/c1-3-4-5-15-18-19-16(23-15)17-14(21)9-12-11-8-10(2)6-7-13(11)22-20-12/h6-8H,3-5,9H2,1-2H3,(H,17,19,21). The van der Waals surface area contributed by atoms with Gasteiger partial charge in [0.15, 0.2) is 5.58 Å². The predicted octanol–water partition coefficient (Wildman–Crippen LogP) is 3.51. The topological polar surface area (TPSA) is 80.9 Å². The van der Waals surface area contributed by atoms with Crippen LogP contribution in [0.3, 0.4) is 0 Å². The molecule has 1 N–H and O–H groups in total. The lowest BCUT2D eigenvalue weighted by Gasteiger charge is -1.99. The predicted molar refractivity (Wildman–Crippen MR) is 89.6 cm³/mol. The van der Waals surface area contributed by atoms with Crippen LogP contribution in [0.25, 0.3) is 11.0 Å². The van der Waals surface area contributed by atoms with Crippen molar-refractivity contribution in [3.8, 4) is 0 Å². The molecule has 1 amide bonds. The largest absolute Gasteiger partial charge is 0.356 e. The first-order valence-corrected chi connectivity index (χ1v) is 8.44. The van der Waals surface area contributed by atoms with E-state index in [0.29, 0.717) is 16.4 Å². The molecule has 2 heterocycles. The van der Waals surface area contributed by atoms with Crippen LogP contribution in [-0.4, -0.2) is 21.3 Å². The molecule has 0 saturated heterocycles. The SMILES string of the molecule is CCCCc1nnc(NC(=O)Cc2noc3ccc(C)cc23)s1. The Balaban J connectivity index is 1.66. The summed E-state index contributed by atoms with van der Waals surface area (Å²) in [6.07, 6.45) is 3.24. The highest BCUT2D eigenvalue weighted by atomic mass is 32.1. The van der Waals surface area contributed by atoms with Gasteiger partial charge in [-0.1, -0.05) is 41.5 Å². The van der Waals surface area contributed by atoms with Gasteiger partial charge in [0.05, 0.1) is 6.42 Å². The maximum absolute atomic E-state index is 12.2. The van der Waals surface area contributed by atoms with Crippen molar-refractivity contribution >= 4 is 33.3 Å². The molecule has 0 unspecified atom stereocenters. The smallest absolute Gasteiger partial charge is 0.232 e. The lowest BCUT2D eigenvalue weighted by atomic mass is 10.1. The number of carbonyl (C=O) groups excluding carboxylic acids is 1. The number of hydrogen-bond donors (Lipinski definition) is 1. The normalized spacial score (nSPS) is 11.0. The van der Waals surface area contributed by atoms with Crippen molar-refractivity contribution in [3.05, 3.63) is 34.5 Å². The fourth-order valence-electron chi connectivity index (χ4n) is 2.28. The number of aryl methyl sites for hydroxylation is 2. The molecule has 0 radical (unpaired) electrons. The molecule has 3 rings (SSSR count). The molecular formula is C16H18N4O2S. The Hall–Kier alpha value is -2.28. The van der Waals surface area contributed by atoms with E-state index >= 15 is 0 Å². The maximum atomic E-state index is 12.2. The molecule has 0 aliphatic heterocycles. The van der Waals surface area contributed by atoms with Crippen molar-refractivity contribution < 1.29 is 9.32 Å². The lowest BCUT2D eigenvalue weighted by molar-refractivity contribution is -0.115. The second-order valence-corrected chi connectivity index (χ2v) is 6.52. The number of aromatic nitrogens is 3. The summed E-state index contributed by atoms with van der Waals surface area (Å²) >= 11 is 1.42. The molecule has 0 aliphatic rings. The Bertz CT molecular complexity index is 824. The first kappa shape index (κ1) is 15.6. The third-order valence-electron chi connectivity index (χ3n) is 3.49. The number of carbonyl (C=O) groups is 1. The van der Waals surface area contributed by atoms with Gasteiger partial charge in [-0.3, -0.25) is 4.79 Å². The van der Waals surface area contributed by atoms with E-state index in [4.69, 9.17) is 4.52 Å². The van der Waals surface area contributed by atoms with Crippen molar-refractivity contribution in [1.82, 2.24) is 15.4 Å². The summed E-state index contributed by atoms with van der Waals surface area (Å²) in [5.41, 5.74) is 2.43. The summed E-state index contributed by atoms with van der Waals surface area (Å²) in [6, 6.07) is 5.79. The summed E-state index contributed by atoms with van der Waals surface area (Å²) in [5.74, 6) is -0.167. The summed E-state index contributed by atoms with van der Waals surface area (Å²) in [6.45, 7) is 4.13. The molecule has 0 aliphatic carbocycles. The Labute approximate surface area is 137 Å². The fourth-order valence-corrected chi connectivity index (χ4v) is 3.08. The number of nitrogens with zero attached hydrogens (tertiary/aromatic N) is 3. The monoisotopic (exact) mass is 330 g/mol. The van der Waals surface area contributed by atoms with Crippen molar-refractivity contribution in [2.45, 2.75) is 39.5 Å². The number of hydrogen-bond acceptors (Lipinski definition) is 6. The van der Waals surface area contributed by atoms with E-state index in [9.17, 15) is 4.79 Å². The molecule has 23 heavy (non-hydrogen) atoms. The minimum absolute atomic E-state index is 0.153. The fraction of sp³-hybridized carbons (Fsp3) is 0.375. The van der Waals surface area contributed by atoms with Crippen LogP contribution < -0.4 is 5.32 Å². The Kier molecular flexibility index (Phi) is 4.66. The van der Waals surface area contributed by atoms with Gasteiger partial charge < -0.3 is 9.84 Å². The van der Waals surface area contributed by atoms with Gasteiger partial charge in [-0.15, -0.1) is 10.2 Å². The van der Waals surface area contributed by atoms with E-state index in [0.717, 1.165) is 35.2 Å². The number of nitrogens with one attached hydrogen (secondary N) is 1. The molecule has 6 nitrogen and oxygen atoms in total. The Morgan fingerprint density at radius 2 is 2.22 bits per heavy atom. The second kappa shape index (κ2) is 6.87. The van der Waals surface area contributed by atoms with Gasteiger partial charge >= 0.3 is 0 Å². The number of rotatable bonds is 6. The van der Waals surface area contributed by atoms with Gasteiger partial charge in [-0.2, -0.15) is 0 Å². The zero-order chi connectivity index (χ0) is 16.2. The molecule has 0 bridgehead atoms. The maximum Gasteiger partial charge on any atom is 0.232 e. The van der Waals surface area contributed by atoms with Gasteiger partial charge in [0, 0.05) is 11.8 Å². The molecule has 120 valence electrons. The third kappa shape index (κ3) is 3.73. The van der Waals surface area contributed by atoms with E-state index in [-0.39, 0.29) is 12.3 Å². The summed E-state index contributed by atoms with van der Waals surface area (Å²) in [5, 5.41) is 17.2. The summed E-state index contributed by atoms with van der Waals surface area (Å²) < 4.78 is 5.25. The molecule has 2 aromatic heterocycles. The van der Waals surface area contributed by atoms with Crippen LogP contribution in [0.1, 0.15) is 36.0 Å². The van der Waals surface area contributed by atoms with Crippen molar-refractivity contribution in [2.24, 2.45) is 0 Å². The number of benzene rings is 1. The highest BCUT2D eigenvalue weighted by molar-refractivity contribution is 7.15. The van der Waals surface area contributed by atoms with E-state index in [1.807, 2.05) is 25.1 Å². The van der Waals surface area contributed by atoms with Crippen LogP contribution in [-0.2, 0) is 17.6 Å². The van der Waals surface area contributed by atoms with Crippen LogP contribution >= 0.6 is 11.3 Å². The van der Waals surface area contributed by atoms with Gasteiger partial charge in [-0.25, -0.2) is 0 Å². The minimum Gasteiger partial charge on any atom is -0.356 e. The number of unbranched alkanes of at least 4 members (excludes halogenated alkanes) is 1. The van der Waals surface area contributed by atoms with Gasteiger partial charge in [-0.05, 0) is 25.5 Å². The van der Waals surface area contributed by atoms with Crippen LogP contribution in [0, 0.1) is 6.92 Å². The van der Waals surface area contributed by atoms with E-state index in [2.05, 4.69) is 27.6 Å². The van der Waals surface area contributed by atoms with Crippen molar-refractivity contribution in [1.29, 1.82) is 0 Å². The first-order chi connectivity index (χ1) is 11.2. The van der Waals surface area contributed by atoms with E-state index in [1.165, 1.54) is 11.3 Å². The number of fused-ring (bicyclic) bond motifs is 1. The van der Waals surface area contributed by atoms with Crippen molar-refractivity contribution in [2.75, 3.05) is 5.32 Å². The van der Waals surface area contributed by atoms with Gasteiger partial charge in [0.25, 0.3) is 0 Å². The van der Waals surface area contributed by atoms with Crippen LogP contribution in [0.4, 0.5) is 5.13 Å². The zero-order valence-corrected chi connectivity index (χ0v) is 13.9. The van der Waals surface area contributed by atoms with Crippen LogP contribution in [0.15, 0.2) is 22.7 Å². The lowest BCUT2D eigenvalue weighted by Crippen LogP contribution is -2.14. The molecular weight excluding hydrogens is 312 g/mol. The molecule has 7 heteroatoms. The molecule has 3 aromatic rings. The third-order valence-corrected chi connectivity index (χ3v) is 4.38. The molecule has 1 aromatic carbocycles. The minimum atomic E-state index is -0.167. The van der Waals surface area contributed by atoms with Crippen molar-refractivity contribution in [3.63, 3.8) is 0 Å². The quantitative estimate of drug-likeness (QED) is 0.748. The van der Waals surface area contributed by atoms with Gasteiger partial charge in [0.1, 0.15) is 10.7 Å². The van der Waals surface area contributed by atoms with Gasteiger partial charge in [0.2, 0.25) is 11.0 Å². The molecule has 0 spiro atoms. The molecule has 0 atom stereocenters. The summed E-state index contributed by atoms with van der Waals surface area (Å²) in [4.78, 5) is 12.2. The molecule has 0 fully saturated rings.